The molecule has 3 nitrogen and oxygen atoms in total. The Kier molecular flexibility index (Phi) is 3.50. The molecule has 21 heavy (non-hydrogen) atoms. The van der Waals surface area contributed by atoms with Gasteiger partial charge in [0.05, 0.1) is 6.10 Å². The summed E-state index contributed by atoms with van der Waals surface area (Å²) in [5, 5.41) is 11.3. The maximum atomic E-state index is 11.3. The third kappa shape index (κ3) is 2.13. The van der Waals surface area contributed by atoms with Crippen molar-refractivity contribution in [2.24, 2.45) is 0 Å². The number of aliphatic hydroxyl groups excluding tert-OH is 1. The van der Waals surface area contributed by atoms with Crippen molar-refractivity contribution >= 4 is 0 Å². The van der Waals surface area contributed by atoms with Crippen LogP contribution in [0, 0.1) is 0 Å². The molecule has 4 rings (SSSR count). The Bertz CT molecular complexity index is 504. The molecule has 0 radical (unpaired) electrons. The van der Waals surface area contributed by atoms with Gasteiger partial charge in [0, 0.05) is 23.3 Å². The van der Waals surface area contributed by atoms with Crippen molar-refractivity contribution in [1.29, 1.82) is 0 Å². The molecule has 1 saturated heterocycles. The number of aryl methyl sites for hydroxylation is 1. The average molecular weight is 286 g/mol. The summed E-state index contributed by atoms with van der Waals surface area (Å²) in [6.45, 7) is 2.36. The maximum Gasteiger partial charge on any atom is 0.0807 e. The number of likely N-dealkylation sites (tertiary alicyclic amines) is 1. The van der Waals surface area contributed by atoms with Gasteiger partial charge in [-0.25, -0.2) is 0 Å². The molecule has 2 aliphatic carbocycles. The van der Waals surface area contributed by atoms with Crippen LogP contribution in [0.2, 0.25) is 0 Å². The number of pyridine rings is 1. The molecule has 2 unspecified atom stereocenters. The Hall–Kier alpha value is -0.930. The molecule has 0 amide bonds. The number of aromatic nitrogens is 1. The molecule has 1 aromatic heterocycles. The number of hydrogen-bond acceptors (Lipinski definition) is 3. The van der Waals surface area contributed by atoms with Gasteiger partial charge in [0.1, 0.15) is 0 Å². The first kappa shape index (κ1) is 13.7. The van der Waals surface area contributed by atoms with Gasteiger partial charge >= 0.3 is 0 Å². The molecule has 2 atom stereocenters. The van der Waals surface area contributed by atoms with Crippen LogP contribution in [0.1, 0.15) is 62.1 Å². The van der Waals surface area contributed by atoms with Gasteiger partial charge in [0.15, 0.2) is 0 Å². The molecule has 2 fully saturated rings. The smallest absolute Gasteiger partial charge is 0.0807 e. The lowest BCUT2D eigenvalue weighted by Crippen LogP contribution is -2.55. The van der Waals surface area contributed by atoms with Gasteiger partial charge < -0.3 is 5.11 Å². The van der Waals surface area contributed by atoms with Gasteiger partial charge in [-0.1, -0.05) is 18.9 Å². The van der Waals surface area contributed by atoms with E-state index in [9.17, 15) is 5.11 Å². The van der Waals surface area contributed by atoms with E-state index in [1.165, 1.54) is 62.9 Å². The first-order valence-corrected chi connectivity index (χ1v) is 8.68. The predicted octanol–water partition coefficient (Wildman–Crippen LogP) is 2.88. The molecule has 0 bridgehead atoms. The Morgan fingerprint density at radius 1 is 1.19 bits per heavy atom. The third-order valence-corrected chi connectivity index (χ3v) is 6.14. The van der Waals surface area contributed by atoms with Gasteiger partial charge in [-0.15, -0.1) is 0 Å². The fourth-order valence-corrected chi connectivity index (χ4v) is 5.07. The van der Waals surface area contributed by atoms with E-state index in [4.69, 9.17) is 0 Å². The number of fused-ring (bicyclic) bond motifs is 1. The van der Waals surface area contributed by atoms with E-state index in [2.05, 4.69) is 16.0 Å². The number of hydrogen-bond donors (Lipinski definition) is 1. The second-order valence-electron chi connectivity index (χ2n) is 7.14. The molecule has 114 valence electrons. The summed E-state index contributed by atoms with van der Waals surface area (Å²) in [5.74, 6) is 0.250. The molecule has 1 saturated carbocycles. The Labute approximate surface area is 127 Å². The summed E-state index contributed by atoms with van der Waals surface area (Å²) < 4.78 is 0. The molecule has 2 heterocycles. The standard InChI is InChI=1S/C18H26N2O/c21-17(15-8-7-14-6-5-11-19-16(14)15)18(9-1-2-10-18)20-12-3-4-13-20/h5-6,11,15,17,21H,1-4,7-10,12-13H2. The maximum absolute atomic E-state index is 11.3. The van der Waals surface area contributed by atoms with Gasteiger partial charge in [0.25, 0.3) is 0 Å². The van der Waals surface area contributed by atoms with Crippen LogP contribution in [0.3, 0.4) is 0 Å². The molecule has 3 aliphatic rings. The summed E-state index contributed by atoms with van der Waals surface area (Å²) in [5.41, 5.74) is 2.58. The van der Waals surface area contributed by atoms with Crippen LogP contribution in [0.15, 0.2) is 18.3 Å². The van der Waals surface area contributed by atoms with Gasteiger partial charge in [0.2, 0.25) is 0 Å². The van der Waals surface area contributed by atoms with Gasteiger partial charge in [-0.05, 0) is 63.2 Å². The van der Waals surface area contributed by atoms with Crippen LogP contribution in [0.25, 0.3) is 0 Å². The van der Waals surface area contributed by atoms with Crippen molar-refractivity contribution in [3.05, 3.63) is 29.6 Å². The lowest BCUT2D eigenvalue weighted by Gasteiger charge is -2.45. The quantitative estimate of drug-likeness (QED) is 0.928. The second-order valence-corrected chi connectivity index (χ2v) is 7.14. The fourth-order valence-electron chi connectivity index (χ4n) is 5.07. The highest BCUT2D eigenvalue weighted by atomic mass is 16.3. The first-order chi connectivity index (χ1) is 10.3. The summed E-state index contributed by atoms with van der Waals surface area (Å²) in [7, 11) is 0. The Morgan fingerprint density at radius 2 is 1.95 bits per heavy atom. The average Bonchev–Trinajstić information content (AvgIpc) is 3.25. The summed E-state index contributed by atoms with van der Waals surface area (Å²) in [4.78, 5) is 7.23. The zero-order valence-electron chi connectivity index (χ0n) is 12.8. The minimum atomic E-state index is -0.241. The zero-order chi connectivity index (χ0) is 14.3. The minimum Gasteiger partial charge on any atom is -0.390 e. The Balaban J connectivity index is 1.65. The van der Waals surface area contributed by atoms with E-state index in [1.54, 1.807) is 0 Å². The van der Waals surface area contributed by atoms with E-state index >= 15 is 0 Å². The molecule has 3 heteroatoms. The molecule has 0 aromatic carbocycles. The summed E-state index contributed by atoms with van der Waals surface area (Å²) in [6, 6.07) is 4.21. The monoisotopic (exact) mass is 286 g/mol. The van der Waals surface area contributed by atoms with Crippen LogP contribution in [0.4, 0.5) is 0 Å². The first-order valence-electron chi connectivity index (χ1n) is 8.68. The number of nitrogens with zero attached hydrogens (tertiary/aromatic N) is 2. The summed E-state index contributed by atoms with van der Waals surface area (Å²) >= 11 is 0. The second kappa shape index (κ2) is 5.36. The largest absolute Gasteiger partial charge is 0.390 e. The zero-order valence-corrected chi connectivity index (χ0v) is 12.8. The van der Waals surface area contributed by atoms with E-state index in [-0.39, 0.29) is 17.6 Å². The van der Waals surface area contributed by atoms with Crippen molar-refractivity contribution < 1.29 is 5.11 Å². The van der Waals surface area contributed by atoms with Crippen molar-refractivity contribution in [2.75, 3.05) is 13.1 Å². The van der Waals surface area contributed by atoms with Gasteiger partial charge in [-0.2, -0.15) is 0 Å². The SMILES string of the molecule is OC(C1CCc2cccnc21)C1(N2CCCC2)CCCC1. The molecular formula is C18H26N2O. The normalized spacial score (nSPS) is 29.7. The van der Waals surface area contributed by atoms with Crippen LogP contribution >= 0.6 is 0 Å². The van der Waals surface area contributed by atoms with Crippen LogP contribution in [0.5, 0.6) is 0 Å². The number of rotatable bonds is 3. The van der Waals surface area contributed by atoms with Crippen LogP contribution in [-0.2, 0) is 6.42 Å². The molecule has 1 N–H and O–H groups in total. The van der Waals surface area contributed by atoms with Gasteiger partial charge in [-0.3, -0.25) is 9.88 Å². The lowest BCUT2D eigenvalue weighted by molar-refractivity contribution is -0.0331. The fraction of sp³-hybridized carbons (Fsp3) is 0.722. The van der Waals surface area contributed by atoms with Crippen molar-refractivity contribution in [3.63, 3.8) is 0 Å². The lowest BCUT2D eigenvalue weighted by atomic mass is 9.80. The molecule has 0 spiro atoms. The predicted molar refractivity (Wildman–Crippen MR) is 83.3 cm³/mol. The van der Waals surface area contributed by atoms with Crippen LogP contribution in [-0.4, -0.2) is 39.7 Å². The van der Waals surface area contributed by atoms with Crippen molar-refractivity contribution in [2.45, 2.75) is 68.9 Å². The molecular weight excluding hydrogens is 260 g/mol. The van der Waals surface area contributed by atoms with E-state index in [1.807, 2.05) is 12.3 Å². The summed E-state index contributed by atoms with van der Waals surface area (Å²) in [6.07, 6.45) is 11.3. The van der Waals surface area contributed by atoms with Crippen LogP contribution < -0.4 is 0 Å². The highest BCUT2D eigenvalue weighted by molar-refractivity contribution is 5.31. The van der Waals surface area contributed by atoms with Crippen molar-refractivity contribution in [1.82, 2.24) is 9.88 Å². The van der Waals surface area contributed by atoms with Crippen molar-refractivity contribution in [3.8, 4) is 0 Å². The highest BCUT2D eigenvalue weighted by Crippen LogP contribution is 2.47. The Morgan fingerprint density at radius 3 is 2.71 bits per heavy atom. The minimum absolute atomic E-state index is 0.0420. The highest BCUT2D eigenvalue weighted by Gasteiger charge is 2.50. The topological polar surface area (TPSA) is 36.4 Å². The molecule has 1 aliphatic heterocycles. The third-order valence-electron chi connectivity index (χ3n) is 6.14. The van der Waals surface area contributed by atoms with E-state index in [0.29, 0.717) is 0 Å². The van der Waals surface area contributed by atoms with E-state index < -0.39 is 0 Å². The number of aliphatic hydroxyl groups is 1. The molecule has 1 aromatic rings. The van der Waals surface area contributed by atoms with E-state index in [0.717, 1.165) is 12.8 Å².